The van der Waals surface area contributed by atoms with E-state index >= 15 is 0 Å². The number of carbonyl (C=O) groups excluding carboxylic acids is 1. The SMILES string of the molecule is Cc1ccc(C(=O)N2CCN(C(C#N)c3ccc(N(C)C)cc3)CC2)cc1C. The molecule has 1 atom stereocenters. The highest BCUT2D eigenvalue weighted by molar-refractivity contribution is 5.94. The van der Waals surface area contributed by atoms with Crippen LogP contribution in [0.4, 0.5) is 5.69 Å². The second-order valence-corrected chi connectivity index (χ2v) is 7.64. The second-order valence-electron chi connectivity index (χ2n) is 7.64. The third kappa shape index (κ3) is 4.18. The molecule has 146 valence electrons. The monoisotopic (exact) mass is 376 g/mol. The minimum absolute atomic E-state index is 0.0755. The van der Waals surface area contributed by atoms with Gasteiger partial charge in [-0.15, -0.1) is 0 Å². The maximum atomic E-state index is 12.8. The normalized spacial score (nSPS) is 15.8. The molecule has 0 spiro atoms. The molecule has 5 heteroatoms. The average Bonchev–Trinajstić information content (AvgIpc) is 2.71. The second kappa shape index (κ2) is 8.45. The zero-order valence-corrected chi connectivity index (χ0v) is 17.1. The minimum Gasteiger partial charge on any atom is -0.378 e. The summed E-state index contributed by atoms with van der Waals surface area (Å²) in [6, 6.07) is 16.2. The summed E-state index contributed by atoms with van der Waals surface area (Å²) >= 11 is 0. The Balaban J connectivity index is 1.65. The van der Waals surface area contributed by atoms with Gasteiger partial charge in [-0.1, -0.05) is 18.2 Å². The predicted octanol–water partition coefficient (Wildman–Crippen LogP) is 3.39. The van der Waals surface area contributed by atoms with Crippen LogP contribution in [-0.4, -0.2) is 56.0 Å². The van der Waals surface area contributed by atoms with Gasteiger partial charge >= 0.3 is 0 Å². The number of hydrogen-bond donors (Lipinski definition) is 0. The van der Waals surface area contributed by atoms with Gasteiger partial charge in [-0.2, -0.15) is 5.26 Å². The Morgan fingerprint density at radius 2 is 1.64 bits per heavy atom. The zero-order valence-electron chi connectivity index (χ0n) is 17.1. The van der Waals surface area contributed by atoms with Crippen molar-refractivity contribution in [3.8, 4) is 6.07 Å². The summed E-state index contributed by atoms with van der Waals surface area (Å²) in [5, 5.41) is 9.74. The maximum absolute atomic E-state index is 12.8. The summed E-state index contributed by atoms with van der Waals surface area (Å²) in [4.78, 5) is 18.9. The molecule has 0 N–H and O–H groups in total. The summed E-state index contributed by atoms with van der Waals surface area (Å²) in [6.07, 6.45) is 0. The fourth-order valence-electron chi connectivity index (χ4n) is 3.56. The quantitative estimate of drug-likeness (QED) is 0.821. The smallest absolute Gasteiger partial charge is 0.253 e. The van der Waals surface area contributed by atoms with Crippen molar-refractivity contribution < 1.29 is 4.79 Å². The summed E-state index contributed by atoms with van der Waals surface area (Å²) in [5.41, 5.74) is 5.19. The Morgan fingerprint density at radius 1 is 1.00 bits per heavy atom. The lowest BCUT2D eigenvalue weighted by Gasteiger charge is -2.37. The molecular weight excluding hydrogens is 348 g/mol. The molecule has 1 aliphatic heterocycles. The van der Waals surface area contributed by atoms with E-state index in [9.17, 15) is 10.1 Å². The van der Waals surface area contributed by atoms with Crippen LogP contribution in [0.25, 0.3) is 0 Å². The fraction of sp³-hybridized carbons (Fsp3) is 0.391. The lowest BCUT2D eigenvalue weighted by atomic mass is 10.0. The Morgan fingerprint density at radius 3 is 2.18 bits per heavy atom. The Bertz CT molecular complexity index is 874. The van der Waals surface area contributed by atoms with Crippen LogP contribution < -0.4 is 4.90 Å². The molecule has 2 aromatic carbocycles. The molecule has 1 unspecified atom stereocenters. The molecule has 0 radical (unpaired) electrons. The average molecular weight is 377 g/mol. The lowest BCUT2D eigenvalue weighted by molar-refractivity contribution is 0.0606. The van der Waals surface area contributed by atoms with E-state index < -0.39 is 0 Å². The van der Waals surface area contributed by atoms with Crippen LogP contribution in [0.3, 0.4) is 0 Å². The maximum Gasteiger partial charge on any atom is 0.253 e. The Kier molecular flexibility index (Phi) is 6.01. The Hall–Kier alpha value is -2.84. The molecule has 0 aliphatic carbocycles. The van der Waals surface area contributed by atoms with Gasteiger partial charge in [0.15, 0.2) is 0 Å². The van der Waals surface area contributed by atoms with Crippen LogP contribution >= 0.6 is 0 Å². The number of anilines is 1. The van der Waals surface area contributed by atoms with Crippen LogP contribution in [-0.2, 0) is 0 Å². The van der Waals surface area contributed by atoms with E-state index in [0.717, 1.165) is 22.4 Å². The molecule has 0 saturated carbocycles. The molecule has 0 bridgehead atoms. The minimum atomic E-state index is -0.282. The van der Waals surface area contributed by atoms with Crippen molar-refractivity contribution in [2.24, 2.45) is 0 Å². The van der Waals surface area contributed by atoms with Crippen LogP contribution in [0.5, 0.6) is 0 Å². The van der Waals surface area contributed by atoms with Crippen molar-refractivity contribution >= 4 is 11.6 Å². The Labute approximate surface area is 167 Å². The molecule has 1 heterocycles. The highest BCUT2D eigenvalue weighted by Gasteiger charge is 2.27. The molecule has 1 fully saturated rings. The first-order chi connectivity index (χ1) is 13.4. The van der Waals surface area contributed by atoms with E-state index in [-0.39, 0.29) is 11.9 Å². The summed E-state index contributed by atoms with van der Waals surface area (Å²) in [5.74, 6) is 0.0755. The van der Waals surface area contributed by atoms with Crippen molar-refractivity contribution in [2.45, 2.75) is 19.9 Å². The number of benzene rings is 2. The van der Waals surface area contributed by atoms with Gasteiger partial charge in [-0.3, -0.25) is 9.69 Å². The summed E-state index contributed by atoms with van der Waals surface area (Å²) in [7, 11) is 4.01. The number of carbonyl (C=O) groups is 1. The molecular formula is C23H28N4O. The van der Waals surface area contributed by atoms with Crippen molar-refractivity contribution in [3.05, 3.63) is 64.7 Å². The number of nitrogens with zero attached hydrogens (tertiary/aromatic N) is 4. The number of nitriles is 1. The molecule has 2 aromatic rings. The van der Waals surface area contributed by atoms with E-state index in [1.165, 1.54) is 5.56 Å². The highest BCUT2D eigenvalue weighted by Crippen LogP contribution is 2.24. The molecule has 1 saturated heterocycles. The van der Waals surface area contributed by atoms with Gasteiger partial charge in [0, 0.05) is 51.5 Å². The van der Waals surface area contributed by atoms with Crippen molar-refractivity contribution in [1.82, 2.24) is 9.80 Å². The molecule has 3 rings (SSSR count). The first-order valence-corrected chi connectivity index (χ1v) is 9.68. The highest BCUT2D eigenvalue weighted by atomic mass is 16.2. The molecule has 1 amide bonds. The number of rotatable bonds is 4. The van der Waals surface area contributed by atoms with E-state index in [0.29, 0.717) is 26.2 Å². The summed E-state index contributed by atoms with van der Waals surface area (Å²) in [6.45, 7) is 6.76. The first-order valence-electron chi connectivity index (χ1n) is 9.68. The molecule has 28 heavy (non-hydrogen) atoms. The van der Waals surface area contributed by atoms with E-state index in [2.05, 4.69) is 17.9 Å². The molecule has 0 aromatic heterocycles. The zero-order chi connectivity index (χ0) is 20.3. The standard InChI is InChI=1S/C23H28N4O/c1-17-5-6-20(15-18(17)2)23(28)27-13-11-26(12-14-27)22(16-24)19-7-9-21(10-8-19)25(3)4/h5-10,15,22H,11-14H2,1-4H3. The van der Waals surface area contributed by atoms with Gasteiger partial charge in [0.2, 0.25) is 0 Å². The molecule has 1 aliphatic rings. The number of amides is 1. The lowest BCUT2D eigenvalue weighted by Crippen LogP contribution is -2.49. The van der Waals surface area contributed by atoms with Crippen molar-refractivity contribution in [1.29, 1.82) is 5.26 Å². The largest absolute Gasteiger partial charge is 0.378 e. The van der Waals surface area contributed by atoms with E-state index in [1.807, 2.05) is 73.3 Å². The van der Waals surface area contributed by atoms with Gasteiger partial charge < -0.3 is 9.80 Å². The van der Waals surface area contributed by atoms with E-state index in [1.54, 1.807) is 0 Å². The number of aryl methyl sites for hydroxylation is 2. The predicted molar refractivity (Wildman–Crippen MR) is 113 cm³/mol. The van der Waals surface area contributed by atoms with Crippen LogP contribution in [0.2, 0.25) is 0 Å². The fourth-order valence-corrected chi connectivity index (χ4v) is 3.56. The number of hydrogen-bond acceptors (Lipinski definition) is 4. The van der Waals surface area contributed by atoms with Crippen LogP contribution in [0.1, 0.15) is 33.1 Å². The van der Waals surface area contributed by atoms with Gasteiger partial charge in [0.25, 0.3) is 5.91 Å². The van der Waals surface area contributed by atoms with Crippen molar-refractivity contribution in [2.75, 3.05) is 45.2 Å². The van der Waals surface area contributed by atoms with Crippen LogP contribution in [0.15, 0.2) is 42.5 Å². The third-order valence-corrected chi connectivity index (χ3v) is 5.57. The first kappa shape index (κ1) is 19.9. The van der Waals surface area contributed by atoms with Gasteiger partial charge in [-0.05, 0) is 54.8 Å². The summed E-state index contributed by atoms with van der Waals surface area (Å²) < 4.78 is 0. The van der Waals surface area contributed by atoms with E-state index in [4.69, 9.17) is 0 Å². The van der Waals surface area contributed by atoms with Crippen molar-refractivity contribution in [3.63, 3.8) is 0 Å². The van der Waals surface area contributed by atoms with Gasteiger partial charge in [0.1, 0.15) is 6.04 Å². The molecule has 5 nitrogen and oxygen atoms in total. The number of piperazine rings is 1. The van der Waals surface area contributed by atoms with Crippen LogP contribution in [0, 0.1) is 25.2 Å². The van der Waals surface area contributed by atoms with Gasteiger partial charge in [-0.25, -0.2) is 0 Å². The van der Waals surface area contributed by atoms with Gasteiger partial charge in [0.05, 0.1) is 6.07 Å². The third-order valence-electron chi connectivity index (χ3n) is 5.57. The topological polar surface area (TPSA) is 50.6 Å².